The Bertz CT molecular complexity index is 581. The second kappa shape index (κ2) is 8.38. The van der Waals surface area contributed by atoms with E-state index in [-0.39, 0.29) is 5.92 Å². The lowest BCUT2D eigenvalue weighted by Gasteiger charge is -2.30. The molecule has 0 spiro atoms. The molecule has 0 aromatic heterocycles. The van der Waals surface area contributed by atoms with Gasteiger partial charge in [0, 0.05) is 11.7 Å². The number of thioether (sulfide) groups is 1. The van der Waals surface area contributed by atoms with Crippen LogP contribution in [0.15, 0.2) is 42.5 Å². The van der Waals surface area contributed by atoms with E-state index in [2.05, 4.69) is 18.7 Å². The maximum absolute atomic E-state index is 12.4. The summed E-state index contributed by atoms with van der Waals surface area (Å²) in [6.07, 6.45) is 1.78. The number of methoxy groups -OCH3 is 2. The summed E-state index contributed by atoms with van der Waals surface area (Å²) in [5, 5.41) is 0. The summed E-state index contributed by atoms with van der Waals surface area (Å²) >= 11 is 1.79. The number of ether oxygens (including phenoxy) is 2. The number of carbonyl (C=O) groups is 2. The van der Waals surface area contributed by atoms with Crippen molar-refractivity contribution in [2.45, 2.75) is 25.0 Å². The Kier molecular flexibility index (Phi) is 6.49. The highest BCUT2D eigenvalue weighted by atomic mass is 32.2. The van der Waals surface area contributed by atoms with Crippen molar-refractivity contribution in [3.8, 4) is 0 Å². The van der Waals surface area contributed by atoms with Gasteiger partial charge in [-0.1, -0.05) is 42.5 Å². The Morgan fingerprint density at radius 1 is 1.21 bits per heavy atom. The van der Waals surface area contributed by atoms with E-state index < -0.39 is 17.4 Å². The first-order valence-corrected chi connectivity index (χ1v) is 9.18. The van der Waals surface area contributed by atoms with Gasteiger partial charge < -0.3 is 9.47 Å². The van der Waals surface area contributed by atoms with Crippen LogP contribution in [0.3, 0.4) is 0 Å². The molecule has 1 aliphatic rings. The molecule has 2 rings (SSSR count). The van der Waals surface area contributed by atoms with Gasteiger partial charge in [-0.15, -0.1) is 0 Å². The Morgan fingerprint density at radius 3 is 2.42 bits per heavy atom. The van der Waals surface area contributed by atoms with Gasteiger partial charge in [0.05, 0.1) is 14.2 Å². The van der Waals surface area contributed by atoms with E-state index in [0.717, 1.165) is 17.1 Å². The van der Waals surface area contributed by atoms with Crippen LogP contribution in [0.2, 0.25) is 0 Å². The number of hydrogen-bond donors (Lipinski definition) is 0. The number of esters is 2. The molecule has 4 nitrogen and oxygen atoms in total. The molecule has 1 aliphatic carbocycles. The van der Waals surface area contributed by atoms with Gasteiger partial charge in [-0.3, -0.25) is 9.59 Å². The first-order valence-electron chi connectivity index (χ1n) is 8.02. The smallest absolute Gasteiger partial charge is 0.323 e. The van der Waals surface area contributed by atoms with Crippen LogP contribution < -0.4 is 0 Å². The van der Waals surface area contributed by atoms with E-state index >= 15 is 0 Å². The molecule has 1 unspecified atom stereocenters. The highest BCUT2D eigenvalue weighted by Gasteiger charge is 2.58. The molecule has 0 aliphatic heterocycles. The molecule has 0 N–H and O–H groups in total. The fourth-order valence-corrected chi connectivity index (χ4v) is 4.38. The molecule has 1 fully saturated rings. The number of carbonyl (C=O) groups excluding carboxylic acids is 2. The van der Waals surface area contributed by atoms with Crippen LogP contribution in [0.25, 0.3) is 0 Å². The van der Waals surface area contributed by atoms with E-state index in [1.165, 1.54) is 19.8 Å². The molecule has 130 valence electrons. The van der Waals surface area contributed by atoms with Crippen molar-refractivity contribution in [1.29, 1.82) is 0 Å². The van der Waals surface area contributed by atoms with Crippen LogP contribution in [0.1, 0.15) is 24.8 Å². The van der Waals surface area contributed by atoms with E-state index in [4.69, 9.17) is 9.47 Å². The Morgan fingerprint density at radius 2 is 1.83 bits per heavy atom. The van der Waals surface area contributed by atoms with Crippen LogP contribution in [-0.4, -0.2) is 31.9 Å². The Hall–Kier alpha value is -1.75. The average Bonchev–Trinajstić information content (AvgIpc) is 2.95. The number of benzene rings is 1. The largest absolute Gasteiger partial charge is 0.468 e. The fraction of sp³-hybridized carbons (Fsp3) is 0.474. The zero-order chi connectivity index (χ0) is 17.6. The quantitative estimate of drug-likeness (QED) is 0.326. The summed E-state index contributed by atoms with van der Waals surface area (Å²) in [4.78, 5) is 24.8. The van der Waals surface area contributed by atoms with Crippen molar-refractivity contribution in [2.24, 2.45) is 11.3 Å². The van der Waals surface area contributed by atoms with Crippen molar-refractivity contribution in [2.75, 3.05) is 20.0 Å². The van der Waals surface area contributed by atoms with E-state index in [1.807, 2.05) is 18.2 Å². The van der Waals surface area contributed by atoms with Gasteiger partial charge in [0.2, 0.25) is 0 Å². The summed E-state index contributed by atoms with van der Waals surface area (Å²) in [7, 11) is 2.63. The maximum atomic E-state index is 12.4. The van der Waals surface area contributed by atoms with E-state index in [1.54, 1.807) is 11.8 Å². The van der Waals surface area contributed by atoms with Crippen molar-refractivity contribution >= 4 is 23.7 Å². The minimum absolute atomic E-state index is 0.222. The summed E-state index contributed by atoms with van der Waals surface area (Å²) in [5.74, 6) is 0.510. The van der Waals surface area contributed by atoms with Crippen molar-refractivity contribution in [3.63, 3.8) is 0 Å². The predicted octanol–water partition coefficient (Wildman–Crippen LogP) is 3.61. The third-order valence-electron chi connectivity index (χ3n) is 4.69. The molecule has 1 aromatic rings. The highest BCUT2D eigenvalue weighted by molar-refractivity contribution is 7.98. The molecule has 0 bridgehead atoms. The Balaban J connectivity index is 2.03. The van der Waals surface area contributed by atoms with Crippen LogP contribution in [0.5, 0.6) is 0 Å². The van der Waals surface area contributed by atoms with Gasteiger partial charge in [0.15, 0.2) is 5.41 Å². The average molecular weight is 348 g/mol. The monoisotopic (exact) mass is 348 g/mol. The number of allylic oxidation sites excluding steroid dienone is 1. The van der Waals surface area contributed by atoms with Crippen molar-refractivity contribution in [3.05, 3.63) is 48.0 Å². The minimum atomic E-state index is -1.23. The molecule has 0 radical (unpaired) electrons. The third kappa shape index (κ3) is 3.66. The van der Waals surface area contributed by atoms with Crippen molar-refractivity contribution in [1.82, 2.24) is 0 Å². The number of hydrogen-bond acceptors (Lipinski definition) is 5. The van der Waals surface area contributed by atoms with Crippen LogP contribution in [0, 0.1) is 11.3 Å². The topological polar surface area (TPSA) is 52.6 Å². The predicted molar refractivity (Wildman–Crippen MR) is 95.6 cm³/mol. The maximum Gasteiger partial charge on any atom is 0.323 e. The molecule has 24 heavy (non-hydrogen) atoms. The standard InChI is InChI=1S/C19H24O4S/c1-14-9-11-19(17(20)22-2,18(21)23-3)16(14)10-12-24-13-15-7-5-4-6-8-15/h4-8,16H,1,9-13H2,2-3H3. The molecular weight excluding hydrogens is 324 g/mol. The molecular formula is C19H24O4S. The number of rotatable bonds is 7. The SMILES string of the molecule is C=C1CCC(C(=O)OC)(C(=O)OC)C1CCSCc1ccccc1. The molecule has 1 saturated carbocycles. The second-order valence-corrected chi connectivity index (χ2v) is 7.10. The van der Waals surface area contributed by atoms with Gasteiger partial charge in [-0.2, -0.15) is 11.8 Å². The van der Waals surface area contributed by atoms with Crippen molar-refractivity contribution < 1.29 is 19.1 Å². The Labute approximate surface area is 147 Å². The third-order valence-corrected chi connectivity index (χ3v) is 5.75. The van der Waals surface area contributed by atoms with E-state index in [9.17, 15) is 9.59 Å². The van der Waals surface area contributed by atoms with Gasteiger partial charge in [0.1, 0.15) is 0 Å². The molecule has 0 saturated heterocycles. The normalized spacial score (nSPS) is 19.1. The molecule has 0 amide bonds. The van der Waals surface area contributed by atoms with E-state index in [0.29, 0.717) is 19.3 Å². The van der Waals surface area contributed by atoms with Crippen LogP contribution in [0.4, 0.5) is 0 Å². The van der Waals surface area contributed by atoms with Crippen LogP contribution >= 0.6 is 11.8 Å². The first-order chi connectivity index (χ1) is 11.6. The van der Waals surface area contributed by atoms with Gasteiger partial charge >= 0.3 is 11.9 Å². The van der Waals surface area contributed by atoms with Gasteiger partial charge in [-0.25, -0.2) is 0 Å². The zero-order valence-electron chi connectivity index (χ0n) is 14.2. The summed E-state index contributed by atoms with van der Waals surface area (Å²) in [6.45, 7) is 4.08. The highest BCUT2D eigenvalue weighted by Crippen LogP contribution is 2.50. The van der Waals surface area contributed by atoms with Gasteiger partial charge in [0.25, 0.3) is 0 Å². The lowest BCUT2D eigenvalue weighted by atomic mass is 9.75. The lowest BCUT2D eigenvalue weighted by molar-refractivity contribution is -0.171. The zero-order valence-corrected chi connectivity index (χ0v) is 15.1. The summed E-state index contributed by atoms with van der Waals surface area (Å²) < 4.78 is 9.85. The fourth-order valence-electron chi connectivity index (χ4n) is 3.41. The summed E-state index contributed by atoms with van der Waals surface area (Å²) in [6, 6.07) is 10.2. The second-order valence-electron chi connectivity index (χ2n) is 5.99. The lowest BCUT2D eigenvalue weighted by Crippen LogP contribution is -2.44. The van der Waals surface area contributed by atoms with Gasteiger partial charge in [-0.05, 0) is 30.6 Å². The molecule has 1 atom stereocenters. The molecule has 0 heterocycles. The molecule has 5 heteroatoms. The minimum Gasteiger partial charge on any atom is -0.468 e. The van der Waals surface area contributed by atoms with Crippen LogP contribution in [-0.2, 0) is 24.8 Å². The molecule has 1 aromatic carbocycles. The summed E-state index contributed by atoms with van der Waals surface area (Å²) in [5.41, 5.74) is 0.972. The first kappa shape index (κ1) is 18.6.